The van der Waals surface area contributed by atoms with Crippen LogP contribution in [0.5, 0.6) is 0 Å². The molecule has 4 N–H and O–H groups in total. The molecule has 0 aromatic carbocycles. The van der Waals surface area contributed by atoms with Gasteiger partial charge < -0.3 is 16.4 Å². The summed E-state index contributed by atoms with van der Waals surface area (Å²) in [5.41, 5.74) is 10.2. The third-order valence-corrected chi connectivity index (χ3v) is 3.09. The van der Waals surface area contributed by atoms with Crippen molar-refractivity contribution >= 4 is 5.91 Å². The molecule has 0 saturated heterocycles. The number of hydrogen-bond acceptors (Lipinski definition) is 3. The minimum Gasteiger partial charge on any atom is -0.368 e. The van der Waals surface area contributed by atoms with Crippen LogP contribution in [0.4, 0.5) is 0 Å². The molecule has 0 bridgehead atoms. The quantitative estimate of drug-likeness (QED) is 0.682. The molecule has 0 aromatic rings. The van der Waals surface area contributed by atoms with Crippen LogP contribution in [0.1, 0.15) is 40.5 Å². The van der Waals surface area contributed by atoms with Crippen molar-refractivity contribution in [2.24, 2.45) is 17.4 Å². The van der Waals surface area contributed by atoms with Gasteiger partial charge in [-0.3, -0.25) is 4.79 Å². The Hall–Kier alpha value is -0.610. The van der Waals surface area contributed by atoms with Crippen molar-refractivity contribution in [3.63, 3.8) is 0 Å². The third kappa shape index (κ3) is 5.47. The molecule has 0 aliphatic carbocycles. The average molecular weight is 229 g/mol. The molecule has 0 aliphatic rings. The van der Waals surface area contributed by atoms with Crippen molar-refractivity contribution in [2.75, 3.05) is 13.6 Å². The lowest BCUT2D eigenvalue weighted by Crippen LogP contribution is -2.53. The lowest BCUT2D eigenvalue weighted by atomic mass is 9.93. The van der Waals surface area contributed by atoms with E-state index in [1.165, 1.54) is 0 Å². The number of rotatable bonds is 7. The van der Waals surface area contributed by atoms with Crippen molar-refractivity contribution in [1.82, 2.24) is 4.90 Å². The Morgan fingerprint density at radius 2 is 1.88 bits per heavy atom. The van der Waals surface area contributed by atoms with Crippen LogP contribution in [0.2, 0.25) is 0 Å². The van der Waals surface area contributed by atoms with E-state index < -0.39 is 11.4 Å². The Morgan fingerprint density at radius 1 is 1.38 bits per heavy atom. The van der Waals surface area contributed by atoms with E-state index in [0.29, 0.717) is 12.3 Å². The summed E-state index contributed by atoms with van der Waals surface area (Å²) in [4.78, 5) is 13.4. The lowest BCUT2D eigenvalue weighted by Gasteiger charge is -2.31. The van der Waals surface area contributed by atoms with Crippen LogP contribution in [0.25, 0.3) is 0 Å². The lowest BCUT2D eigenvalue weighted by molar-refractivity contribution is -0.123. The fourth-order valence-corrected chi connectivity index (χ4v) is 1.55. The van der Waals surface area contributed by atoms with Gasteiger partial charge in [0.05, 0.1) is 5.54 Å². The molecule has 0 radical (unpaired) electrons. The van der Waals surface area contributed by atoms with Crippen LogP contribution < -0.4 is 11.5 Å². The van der Waals surface area contributed by atoms with E-state index in [9.17, 15) is 4.79 Å². The first-order valence-electron chi connectivity index (χ1n) is 5.96. The number of nitrogens with zero attached hydrogens (tertiary/aromatic N) is 1. The molecule has 16 heavy (non-hydrogen) atoms. The number of nitrogens with two attached hydrogens (primary N) is 2. The first kappa shape index (κ1) is 15.4. The molecule has 96 valence electrons. The van der Waals surface area contributed by atoms with E-state index in [1.54, 1.807) is 6.92 Å². The number of hydrogen-bond donors (Lipinski definition) is 2. The summed E-state index contributed by atoms with van der Waals surface area (Å²) in [7, 11) is 2.06. The molecule has 2 unspecified atom stereocenters. The van der Waals surface area contributed by atoms with E-state index in [1.807, 2.05) is 0 Å². The highest BCUT2D eigenvalue weighted by atomic mass is 16.1. The van der Waals surface area contributed by atoms with Crippen LogP contribution in [0, 0.1) is 5.92 Å². The predicted molar refractivity (Wildman–Crippen MR) is 68.0 cm³/mol. The molecule has 0 rings (SSSR count). The van der Waals surface area contributed by atoms with Gasteiger partial charge >= 0.3 is 0 Å². The van der Waals surface area contributed by atoms with Gasteiger partial charge in [0.1, 0.15) is 0 Å². The molecule has 1 amide bonds. The van der Waals surface area contributed by atoms with Crippen LogP contribution in [-0.2, 0) is 4.79 Å². The van der Waals surface area contributed by atoms with Gasteiger partial charge in [-0.1, -0.05) is 13.8 Å². The number of carbonyl (C=O) groups is 1. The zero-order valence-corrected chi connectivity index (χ0v) is 11.3. The molecule has 0 spiro atoms. The Labute approximate surface area is 99.4 Å². The molecular formula is C12H27N3O. The Balaban J connectivity index is 4.14. The van der Waals surface area contributed by atoms with Crippen LogP contribution in [0.15, 0.2) is 0 Å². The smallest absolute Gasteiger partial charge is 0.237 e. The highest BCUT2D eigenvalue weighted by Crippen LogP contribution is 2.13. The van der Waals surface area contributed by atoms with Crippen molar-refractivity contribution < 1.29 is 4.79 Å². The maximum absolute atomic E-state index is 11.1. The highest BCUT2D eigenvalue weighted by Gasteiger charge is 2.29. The Bertz CT molecular complexity index is 226. The SMILES string of the molecule is CC(C)CCN(C)C(C)CC(C)(N)C(N)=O. The zero-order chi connectivity index (χ0) is 12.9. The first-order chi connectivity index (χ1) is 7.16. The van der Waals surface area contributed by atoms with Crippen molar-refractivity contribution in [2.45, 2.75) is 52.1 Å². The summed E-state index contributed by atoms with van der Waals surface area (Å²) in [6, 6.07) is 0.265. The summed E-state index contributed by atoms with van der Waals surface area (Å²) >= 11 is 0. The van der Waals surface area contributed by atoms with Crippen molar-refractivity contribution in [3.05, 3.63) is 0 Å². The molecule has 4 heteroatoms. The second kappa shape index (κ2) is 6.21. The molecule has 0 aliphatic heterocycles. The molecular weight excluding hydrogens is 202 g/mol. The van der Waals surface area contributed by atoms with Gasteiger partial charge in [0.2, 0.25) is 5.91 Å². The zero-order valence-electron chi connectivity index (χ0n) is 11.3. The van der Waals surface area contributed by atoms with Gasteiger partial charge in [-0.25, -0.2) is 0 Å². The first-order valence-corrected chi connectivity index (χ1v) is 5.96. The van der Waals surface area contributed by atoms with E-state index in [2.05, 4.69) is 32.7 Å². The normalized spacial score (nSPS) is 17.5. The second-order valence-electron chi connectivity index (χ2n) is 5.50. The van der Waals surface area contributed by atoms with E-state index >= 15 is 0 Å². The topological polar surface area (TPSA) is 72.3 Å². The summed E-state index contributed by atoms with van der Waals surface area (Å²) in [5, 5.41) is 0. The maximum Gasteiger partial charge on any atom is 0.237 e. The maximum atomic E-state index is 11.1. The summed E-state index contributed by atoms with van der Waals surface area (Å²) in [5.74, 6) is 0.256. The van der Waals surface area contributed by atoms with E-state index in [0.717, 1.165) is 13.0 Å². The van der Waals surface area contributed by atoms with Gasteiger partial charge in [-0.15, -0.1) is 0 Å². The third-order valence-electron chi connectivity index (χ3n) is 3.09. The van der Waals surface area contributed by atoms with E-state index in [4.69, 9.17) is 11.5 Å². The fraction of sp³-hybridized carbons (Fsp3) is 0.917. The molecule has 4 nitrogen and oxygen atoms in total. The number of amides is 1. The van der Waals surface area contributed by atoms with Gasteiger partial charge in [0.25, 0.3) is 0 Å². The molecule has 0 saturated carbocycles. The average Bonchev–Trinajstić information content (AvgIpc) is 2.12. The summed E-state index contributed by atoms with van der Waals surface area (Å²) in [6.45, 7) is 9.20. The minimum absolute atomic E-state index is 0.265. The predicted octanol–water partition coefficient (Wildman–Crippen LogP) is 0.946. The number of primary amides is 1. The van der Waals surface area contributed by atoms with Crippen LogP contribution in [0.3, 0.4) is 0 Å². The highest BCUT2D eigenvalue weighted by molar-refractivity contribution is 5.83. The van der Waals surface area contributed by atoms with Crippen LogP contribution >= 0.6 is 0 Å². The van der Waals surface area contributed by atoms with Gasteiger partial charge in [-0.2, -0.15) is 0 Å². The molecule has 2 atom stereocenters. The molecule has 0 fully saturated rings. The largest absolute Gasteiger partial charge is 0.368 e. The minimum atomic E-state index is -0.911. The van der Waals surface area contributed by atoms with Gasteiger partial charge in [-0.05, 0) is 46.2 Å². The fourth-order valence-electron chi connectivity index (χ4n) is 1.55. The summed E-state index contributed by atoms with van der Waals surface area (Å²) in [6.07, 6.45) is 1.75. The van der Waals surface area contributed by atoms with E-state index in [-0.39, 0.29) is 6.04 Å². The summed E-state index contributed by atoms with van der Waals surface area (Å²) < 4.78 is 0. The monoisotopic (exact) mass is 229 g/mol. The van der Waals surface area contributed by atoms with Crippen LogP contribution in [-0.4, -0.2) is 36.0 Å². The Morgan fingerprint density at radius 3 is 2.25 bits per heavy atom. The molecule has 0 heterocycles. The van der Waals surface area contributed by atoms with Gasteiger partial charge in [0.15, 0.2) is 0 Å². The standard InChI is InChI=1S/C12H27N3O/c1-9(2)6-7-15(5)10(3)8-12(4,14)11(13)16/h9-10H,6-8,14H2,1-5H3,(H2,13,16). The van der Waals surface area contributed by atoms with Crippen molar-refractivity contribution in [1.29, 1.82) is 0 Å². The molecule has 0 aromatic heterocycles. The van der Waals surface area contributed by atoms with Crippen molar-refractivity contribution in [3.8, 4) is 0 Å². The van der Waals surface area contributed by atoms with Gasteiger partial charge in [0, 0.05) is 6.04 Å². The number of carbonyl (C=O) groups excluding carboxylic acids is 1. The second-order valence-corrected chi connectivity index (χ2v) is 5.50. The Kier molecular flexibility index (Phi) is 5.97.